The molecule has 0 saturated heterocycles. The summed E-state index contributed by atoms with van der Waals surface area (Å²) >= 11 is 3.51. The number of aliphatic hydroxyl groups excluding tert-OH is 1. The fourth-order valence-corrected chi connectivity index (χ4v) is 1.84. The molecule has 0 heterocycles. The molecule has 16 heavy (non-hydrogen) atoms. The summed E-state index contributed by atoms with van der Waals surface area (Å²) in [5, 5.41) is 9.95. The fraction of sp³-hybridized carbons (Fsp3) is 0.538. The van der Waals surface area contributed by atoms with Crippen LogP contribution in [0.25, 0.3) is 0 Å². The van der Waals surface area contributed by atoms with Gasteiger partial charge in [0.15, 0.2) is 0 Å². The van der Waals surface area contributed by atoms with Gasteiger partial charge in [-0.2, -0.15) is 0 Å². The van der Waals surface area contributed by atoms with Gasteiger partial charge in [0, 0.05) is 11.1 Å². The SMILES string of the molecule is CCCOCC(O)c1cc(C)c(Br)c(C)c1. The molecule has 90 valence electrons. The predicted octanol–water partition coefficient (Wildman–Crippen LogP) is 3.53. The number of ether oxygens (including phenoxy) is 1. The van der Waals surface area contributed by atoms with E-state index in [1.807, 2.05) is 26.0 Å². The van der Waals surface area contributed by atoms with Crippen LogP contribution in [0.1, 0.15) is 36.1 Å². The van der Waals surface area contributed by atoms with Crippen LogP contribution < -0.4 is 0 Å². The molecule has 1 atom stereocenters. The molecule has 0 saturated carbocycles. The molecule has 1 rings (SSSR count). The Morgan fingerprint density at radius 3 is 2.38 bits per heavy atom. The van der Waals surface area contributed by atoms with Crippen LogP contribution in [0, 0.1) is 13.8 Å². The van der Waals surface area contributed by atoms with Gasteiger partial charge in [0.25, 0.3) is 0 Å². The molecule has 1 aromatic rings. The molecule has 0 fully saturated rings. The van der Waals surface area contributed by atoms with Crippen LogP contribution in [0.4, 0.5) is 0 Å². The second kappa shape index (κ2) is 6.38. The Bertz CT molecular complexity index is 327. The van der Waals surface area contributed by atoms with Crippen LogP contribution in [0.15, 0.2) is 16.6 Å². The molecule has 1 aromatic carbocycles. The van der Waals surface area contributed by atoms with Gasteiger partial charge in [0.2, 0.25) is 0 Å². The quantitative estimate of drug-likeness (QED) is 0.839. The van der Waals surface area contributed by atoms with Gasteiger partial charge in [-0.1, -0.05) is 35.0 Å². The standard InChI is InChI=1S/C13H19BrO2/c1-4-5-16-8-12(15)11-6-9(2)13(14)10(3)7-11/h6-7,12,15H,4-5,8H2,1-3H3. The minimum Gasteiger partial charge on any atom is -0.386 e. The Hall–Kier alpha value is -0.380. The van der Waals surface area contributed by atoms with Crippen molar-refractivity contribution in [2.45, 2.75) is 33.3 Å². The van der Waals surface area contributed by atoms with Gasteiger partial charge < -0.3 is 9.84 Å². The van der Waals surface area contributed by atoms with Crippen molar-refractivity contribution in [3.05, 3.63) is 33.3 Å². The number of benzene rings is 1. The van der Waals surface area contributed by atoms with Crippen LogP contribution >= 0.6 is 15.9 Å². The highest BCUT2D eigenvalue weighted by Gasteiger charge is 2.10. The Balaban J connectivity index is 2.72. The lowest BCUT2D eigenvalue weighted by Crippen LogP contribution is -2.08. The van der Waals surface area contributed by atoms with Crippen molar-refractivity contribution < 1.29 is 9.84 Å². The number of hydrogen-bond acceptors (Lipinski definition) is 2. The second-order valence-electron chi connectivity index (χ2n) is 4.06. The molecule has 0 amide bonds. The highest BCUT2D eigenvalue weighted by Crippen LogP contribution is 2.25. The van der Waals surface area contributed by atoms with E-state index in [1.165, 1.54) is 0 Å². The molecule has 0 aliphatic carbocycles. The van der Waals surface area contributed by atoms with Crippen LogP contribution in [0.2, 0.25) is 0 Å². The van der Waals surface area contributed by atoms with Gasteiger partial charge in [-0.05, 0) is 37.0 Å². The van der Waals surface area contributed by atoms with Crippen molar-refractivity contribution in [2.75, 3.05) is 13.2 Å². The van der Waals surface area contributed by atoms with Crippen molar-refractivity contribution in [2.24, 2.45) is 0 Å². The molecule has 3 heteroatoms. The first-order valence-electron chi connectivity index (χ1n) is 5.58. The Morgan fingerprint density at radius 2 is 1.88 bits per heavy atom. The molecule has 0 aliphatic heterocycles. The summed E-state index contributed by atoms with van der Waals surface area (Å²) in [7, 11) is 0. The molecule has 0 spiro atoms. The maximum absolute atomic E-state index is 9.95. The van der Waals surface area contributed by atoms with Gasteiger partial charge in [-0.15, -0.1) is 0 Å². The molecule has 0 aromatic heterocycles. The lowest BCUT2D eigenvalue weighted by atomic mass is 10.0. The minimum atomic E-state index is -0.531. The summed E-state index contributed by atoms with van der Waals surface area (Å²) in [6, 6.07) is 3.99. The third kappa shape index (κ3) is 3.58. The smallest absolute Gasteiger partial charge is 0.102 e. The van der Waals surface area contributed by atoms with E-state index in [9.17, 15) is 5.11 Å². The monoisotopic (exact) mass is 286 g/mol. The van der Waals surface area contributed by atoms with E-state index < -0.39 is 6.10 Å². The zero-order valence-electron chi connectivity index (χ0n) is 10.1. The fourth-order valence-electron chi connectivity index (χ4n) is 1.61. The van der Waals surface area contributed by atoms with Crippen molar-refractivity contribution in [1.82, 2.24) is 0 Å². The number of rotatable bonds is 5. The maximum atomic E-state index is 9.95. The number of aryl methyl sites for hydroxylation is 2. The Morgan fingerprint density at radius 1 is 1.31 bits per heavy atom. The second-order valence-corrected chi connectivity index (χ2v) is 4.85. The van der Waals surface area contributed by atoms with Crippen LogP contribution in [-0.2, 0) is 4.74 Å². The van der Waals surface area contributed by atoms with Crippen LogP contribution in [0.5, 0.6) is 0 Å². The van der Waals surface area contributed by atoms with E-state index in [4.69, 9.17) is 4.74 Å². The average Bonchev–Trinajstić information content (AvgIpc) is 2.25. The van der Waals surface area contributed by atoms with Gasteiger partial charge in [-0.25, -0.2) is 0 Å². The zero-order valence-corrected chi connectivity index (χ0v) is 11.7. The first-order valence-corrected chi connectivity index (χ1v) is 6.38. The normalized spacial score (nSPS) is 12.8. The predicted molar refractivity (Wildman–Crippen MR) is 69.7 cm³/mol. The maximum Gasteiger partial charge on any atom is 0.102 e. The largest absolute Gasteiger partial charge is 0.386 e. The zero-order chi connectivity index (χ0) is 12.1. The van der Waals surface area contributed by atoms with E-state index in [0.717, 1.165) is 27.6 Å². The average molecular weight is 287 g/mol. The molecule has 2 nitrogen and oxygen atoms in total. The van der Waals surface area contributed by atoms with Crippen molar-refractivity contribution in [3.8, 4) is 0 Å². The van der Waals surface area contributed by atoms with Gasteiger partial charge in [-0.3, -0.25) is 0 Å². The number of halogens is 1. The summed E-state index contributed by atoms with van der Waals surface area (Å²) in [5.41, 5.74) is 3.21. The highest BCUT2D eigenvalue weighted by molar-refractivity contribution is 9.10. The summed E-state index contributed by atoms with van der Waals surface area (Å²) < 4.78 is 6.46. The molecular weight excluding hydrogens is 268 g/mol. The van der Waals surface area contributed by atoms with E-state index in [2.05, 4.69) is 22.9 Å². The van der Waals surface area contributed by atoms with Crippen molar-refractivity contribution in [1.29, 1.82) is 0 Å². The first kappa shape index (κ1) is 13.7. The van der Waals surface area contributed by atoms with E-state index >= 15 is 0 Å². The molecular formula is C13H19BrO2. The third-order valence-corrected chi connectivity index (χ3v) is 3.72. The summed E-state index contributed by atoms with van der Waals surface area (Å²) in [6.07, 6.45) is 0.447. The van der Waals surface area contributed by atoms with Crippen molar-refractivity contribution >= 4 is 15.9 Å². The first-order chi connectivity index (χ1) is 7.56. The Labute approximate surface area is 106 Å². The summed E-state index contributed by atoms with van der Waals surface area (Å²) in [5.74, 6) is 0. The van der Waals surface area contributed by atoms with E-state index in [1.54, 1.807) is 0 Å². The lowest BCUT2D eigenvalue weighted by Gasteiger charge is -2.14. The van der Waals surface area contributed by atoms with E-state index in [-0.39, 0.29) is 0 Å². The highest BCUT2D eigenvalue weighted by atomic mass is 79.9. The lowest BCUT2D eigenvalue weighted by molar-refractivity contribution is 0.0363. The number of hydrogen-bond donors (Lipinski definition) is 1. The molecule has 1 N–H and O–H groups in total. The summed E-state index contributed by atoms with van der Waals surface area (Å²) in [6.45, 7) is 7.18. The van der Waals surface area contributed by atoms with Crippen molar-refractivity contribution in [3.63, 3.8) is 0 Å². The third-order valence-electron chi connectivity index (χ3n) is 2.47. The summed E-state index contributed by atoms with van der Waals surface area (Å²) in [4.78, 5) is 0. The van der Waals surface area contributed by atoms with Gasteiger partial charge in [0.05, 0.1) is 6.61 Å². The molecule has 0 radical (unpaired) electrons. The molecule has 1 unspecified atom stereocenters. The molecule has 0 aliphatic rings. The minimum absolute atomic E-state index is 0.369. The van der Waals surface area contributed by atoms with Gasteiger partial charge >= 0.3 is 0 Å². The Kier molecular flexibility index (Phi) is 5.46. The number of aliphatic hydroxyl groups is 1. The van der Waals surface area contributed by atoms with E-state index in [0.29, 0.717) is 13.2 Å². The topological polar surface area (TPSA) is 29.5 Å². The molecule has 0 bridgehead atoms. The van der Waals surface area contributed by atoms with Gasteiger partial charge in [0.1, 0.15) is 6.10 Å². The van der Waals surface area contributed by atoms with Crippen LogP contribution in [0.3, 0.4) is 0 Å². The van der Waals surface area contributed by atoms with Crippen LogP contribution in [-0.4, -0.2) is 18.3 Å².